The summed E-state index contributed by atoms with van der Waals surface area (Å²) in [7, 11) is 0. The number of hydrogen-bond acceptors (Lipinski definition) is 5. The van der Waals surface area contributed by atoms with E-state index in [1.807, 2.05) is 13.0 Å². The van der Waals surface area contributed by atoms with Gasteiger partial charge in [-0.3, -0.25) is 9.59 Å². The van der Waals surface area contributed by atoms with E-state index in [0.29, 0.717) is 24.5 Å². The van der Waals surface area contributed by atoms with Gasteiger partial charge in [0.25, 0.3) is 0 Å². The van der Waals surface area contributed by atoms with Crippen molar-refractivity contribution in [2.75, 3.05) is 29.2 Å². The zero-order valence-corrected chi connectivity index (χ0v) is 13.3. The SMILES string of the molecule is CCOC(=O)CSCCCC(=O)Nc1cc(N)ccc1C. The van der Waals surface area contributed by atoms with E-state index in [-0.39, 0.29) is 11.9 Å². The summed E-state index contributed by atoms with van der Waals surface area (Å²) in [6.45, 7) is 4.11. The average molecular weight is 310 g/mol. The summed E-state index contributed by atoms with van der Waals surface area (Å²) in [6, 6.07) is 5.43. The summed E-state index contributed by atoms with van der Waals surface area (Å²) in [6.07, 6.45) is 1.14. The molecule has 1 aromatic rings. The van der Waals surface area contributed by atoms with Crippen molar-refractivity contribution in [3.63, 3.8) is 0 Å². The highest BCUT2D eigenvalue weighted by Crippen LogP contribution is 2.18. The second-order valence-electron chi connectivity index (χ2n) is 4.58. The number of esters is 1. The molecule has 0 unspecified atom stereocenters. The van der Waals surface area contributed by atoms with Crippen LogP contribution in [0.4, 0.5) is 11.4 Å². The molecule has 5 nitrogen and oxygen atoms in total. The molecule has 0 fully saturated rings. The number of carbonyl (C=O) groups is 2. The first-order valence-electron chi connectivity index (χ1n) is 6.92. The average Bonchev–Trinajstić information content (AvgIpc) is 2.43. The fourth-order valence-electron chi connectivity index (χ4n) is 1.68. The quantitative estimate of drug-likeness (QED) is 0.438. The van der Waals surface area contributed by atoms with Crippen LogP contribution in [0.2, 0.25) is 0 Å². The second-order valence-corrected chi connectivity index (χ2v) is 5.69. The fourth-order valence-corrected chi connectivity index (χ4v) is 2.42. The Morgan fingerprint density at radius 3 is 2.86 bits per heavy atom. The summed E-state index contributed by atoms with van der Waals surface area (Å²) in [5.41, 5.74) is 8.05. The molecule has 0 saturated carbocycles. The zero-order chi connectivity index (χ0) is 15.7. The molecule has 3 N–H and O–H groups in total. The Morgan fingerprint density at radius 2 is 2.14 bits per heavy atom. The Bertz CT molecular complexity index is 492. The molecular formula is C15H22N2O3S. The minimum absolute atomic E-state index is 0.0413. The molecule has 0 spiro atoms. The van der Waals surface area contributed by atoms with Crippen molar-refractivity contribution >= 4 is 35.0 Å². The van der Waals surface area contributed by atoms with Gasteiger partial charge in [0, 0.05) is 17.8 Å². The highest BCUT2D eigenvalue weighted by molar-refractivity contribution is 7.99. The minimum atomic E-state index is -0.206. The molecule has 1 rings (SSSR count). The number of nitrogen functional groups attached to an aromatic ring is 1. The first-order chi connectivity index (χ1) is 10.0. The van der Waals surface area contributed by atoms with Gasteiger partial charge in [0.1, 0.15) is 0 Å². The predicted octanol–water partition coefficient (Wildman–Crippen LogP) is 2.59. The zero-order valence-electron chi connectivity index (χ0n) is 12.5. The normalized spacial score (nSPS) is 10.2. The molecule has 0 heterocycles. The lowest BCUT2D eigenvalue weighted by atomic mass is 10.1. The first kappa shape index (κ1) is 17.4. The number of anilines is 2. The molecular weight excluding hydrogens is 288 g/mol. The van der Waals surface area contributed by atoms with Gasteiger partial charge in [-0.05, 0) is 43.7 Å². The molecule has 0 saturated heterocycles. The van der Waals surface area contributed by atoms with E-state index in [1.54, 1.807) is 19.1 Å². The van der Waals surface area contributed by atoms with Crippen molar-refractivity contribution in [1.29, 1.82) is 0 Å². The Kier molecular flexibility index (Phi) is 7.68. The number of amides is 1. The third-order valence-corrected chi connectivity index (χ3v) is 3.77. The van der Waals surface area contributed by atoms with Gasteiger partial charge >= 0.3 is 5.97 Å². The molecule has 0 radical (unpaired) electrons. The summed E-state index contributed by atoms with van der Waals surface area (Å²) >= 11 is 1.48. The maximum absolute atomic E-state index is 11.8. The number of ether oxygens (including phenoxy) is 1. The van der Waals surface area contributed by atoms with E-state index < -0.39 is 0 Å². The summed E-state index contributed by atoms with van der Waals surface area (Å²) in [5, 5.41) is 2.85. The number of carbonyl (C=O) groups excluding carboxylic acids is 2. The van der Waals surface area contributed by atoms with Crippen LogP contribution in [0, 0.1) is 6.92 Å². The molecule has 1 aromatic carbocycles. The Balaban J connectivity index is 2.22. The lowest BCUT2D eigenvalue weighted by Gasteiger charge is -2.09. The van der Waals surface area contributed by atoms with Crippen LogP contribution in [0.5, 0.6) is 0 Å². The van der Waals surface area contributed by atoms with E-state index in [0.717, 1.165) is 23.4 Å². The number of rotatable bonds is 8. The van der Waals surface area contributed by atoms with Gasteiger partial charge in [0.15, 0.2) is 0 Å². The number of thioether (sulfide) groups is 1. The summed E-state index contributed by atoms with van der Waals surface area (Å²) in [5.74, 6) is 0.842. The van der Waals surface area contributed by atoms with E-state index in [2.05, 4.69) is 5.32 Å². The van der Waals surface area contributed by atoms with Crippen molar-refractivity contribution < 1.29 is 14.3 Å². The van der Waals surface area contributed by atoms with Gasteiger partial charge in [-0.15, -0.1) is 0 Å². The number of nitrogens with one attached hydrogen (secondary N) is 1. The molecule has 0 atom stereocenters. The van der Waals surface area contributed by atoms with Crippen LogP contribution in [-0.2, 0) is 14.3 Å². The lowest BCUT2D eigenvalue weighted by Crippen LogP contribution is -2.13. The van der Waals surface area contributed by atoms with Crippen LogP contribution in [0.3, 0.4) is 0 Å². The van der Waals surface area contributed by atoms with Crippen LogP contribution in [0.25, 0.3) is 0 Å². The Morgan fingerprint density at radius 1 is 1.38 bits per heavy atom. The molecule has 21 heavy (non-hydrogen) atoms. The smallest absolute Gasteiger partial charge is 0.315 e. The van der Waals surface area contributed by atoms with Crippen molar-refractivity contribution in [3.8, 4) is 0 Å². The van der Waals surface area contributed by atoms with Gasteiger partial charge < -0.3 is 15.8 Å². The molecule has 116 valence electrons. The van der Waals surface area contributed by atoms with Crippen LogP contribution in [-0.4, -0.2) is 30.0 Å². The standard InChI is InChI=1S/C15H22N2O3S/c1-3-20-15(19)10-21-8-4-5-14(18)17-13-9-12(16)7-6-11(13)2/h6-7,9H,3-5,8,10,16H2,1-2H3,(H,17,18). The second kappa shape index (κ2) is 9.28. The Hall–Kier alpha value is -1.69. The minimum Gasteiger partial charge on any atom is -0.465 e. The van der Waals surface area contributed by atoms with E-state index in [4.69, 9.17) is 10.5 Å². The van der Waals surface area contributed by atoms with Crippen LogP contribution in [0.1, 0.15) is 25.3 Å². The van der Waals surface area contributed by atoms with Gasteiger partial charge in [0.2, 0.25) is 5.91 Å². The van der Waals surface area contributed by atoms with E-state index in [9.17, 15) is 9.59 Å². The molecule has 6 heteroatoms. The Labute approximate surface area is 129 Å². The maximum atomic E-state index is 11.8. The van der Waals surface area contributed by atoms with E-state index in [1.165, 1.54) is 11.8 Å². The third-order valence-electron chi connectivity index (χ3n) is 2.75. The first-order valence-corrected chi connectivity index (χ1v) is 8.07. The molecule has 1 amide bonds. The van der Waals surface area contributed by atoms with E-state index >= 15 is 0 Å². The maximum Gasteiger partial charge on any atom is 0.315 e. The van der Waals surface area contributed by atoms with Gasteiger partial charge in [-0.2, -0.15) is 11.8 Å². The monoisotopic (exact) mass is 310 g/mol. The van der Waals surface area contributed by atoms with Gasteiger partial charge in [0.05, 0.1) is 12.4 Å². The van der Waals surface area contributed by atoms with Crippen molar-refractivity contribution in [2.24, 2.45) is 0 Å². The summed E-state index contributed by atoms with van der Waals surface area (Å²) in [4.78, 5) is 22.9. The molecule has 0 aliphatic heterocycles. The third kappa shape index (κ3) is 7.04. The molecule has 0 bridgehead atoms. The van der Waals surface area contributed by atoms with Gasteiger partial charge in [-0.1, -0.05) is 6.07 Å². The van der Waals surface area contributed by atoms with Crippen molar-refractivity contribution in [1.82, 2.24) is 0 Å². The highest BCUT2D eigenvalue weighted by Gasteiger charge is 2.06. The summed E-state index contributed by atoms with van der Waals surface area (Å²) < 4.78 is 4.82. The number of benzene rings is 1. The van der Waals surface area contributed by atoms with Crippen LogP contribution in [0.15, 0.2) is 18.2 Å². The molecule has 0 aliphatic carbocycles. The lowest BCUT2D eigenvalue weighted by molar-refractivity contribution is -0.139. The highest BCUT2D eigenvalue weighted by atomic mass is 32.2. The van der Waals surface area contributed by atoms with Crippen LogP contribution >= 0.6 is 11.8 Å². The number of nitrogens with two attached hydrogens (primary N) is 1. The van der Waals surface area contributed by atoms with Crippen molar-refractivity contribution in [3.05, 3.63) is 23.8 Å². The predicted molar refractivity (Wildman–Crippen MR) is 87.4 cm³/mol. The number of hydrogen-bond donors (Lipinski definition) is 2. The number of aryl methyl sites for hydroxylation is 1. The largest absolute Gasteiger partial charge is 0.465 e. The topological polar surface area (TPSA) is 81.4 Å². The van der Waals surface area contributed by atoms with Gasteiger partial charge in [-0.25, -0.2) is 0 Å². The van der Waals surface area contributed by atoms with Crippen LogP contribution < -0.4 is 11.1 Å². The molecule has 0 aliphatic rings. The molecule has 0 aromatic heterocycles. The van der Waals surface area contributed by atoms with Crippen molar-refractivity contribution in [2.45, 2.75) is 26.7 Å². The fraction of sp³-hybridized carbons (Fsp3) is 0.467.